The molecule has 2 heteroatoms. The van der Waals surface area contributed by atoms with Crippen molar-refractivity contribution in [1.82, 2.24) is 0 Å². The fourth-order valence-electron chi connectivity index (χ4n) is 2.24. The highest BCUT2D eigenvalue weighted by Gasteiger charge is 2.12. The predicted octanol–water partition coefficient (Wildman–Crippen LogP) is 4.71. The third kappa shape index (κ3) is 3.08. The zero-order chi connectivity index (χ0) is 14.5. The first-order chi connectivity index (χ1) is 9.65. The van der Waals surface area contributed by atoms with Crippen LogP contribution in [0.15, 0.2) is 42.5 Å². The average Bonchev–Trinajstić information content (AvgIpc) is 2.48. The van der Waals surface area contributed by atoms with Crippen molar-refractivity contribution < 1.29 is 9.53 Å². The zero-order valence-electron chi connectivity index (χ0n) is 12.2. The smallest absolute Gasteiger partial charge is 0.298 e. The van der Waals surface area contributed by atoms with Crippen LogP contribution in [0.2, 0.25) is 0 Å². The molecule has 0 bridgehead atoms. The zero-order valence-corrected chi connectivity index (χ0v) is 12.2. The molecule has 0 radical (unpaired) electrons. The van der Waals surface area contributed by atoms with Crippen molar-refractivity contribution in [3.63, 3.8) is 0 Å². The van der Waals surface area contributed by atoms with E-state index in [-0.39, 0.29) is 0 Å². The van der Waals surface area contributed by atoms with Gasteiger partial charge in [-0.25, -0.2) is 0 Å². The Morgan fingerprint density at radius 1 is 1.10 bits per heavy atom. The van der Waals surface area contributed by atoms with Crippen LogP contribution in [0.25, 0.3) is 11.1 Å². The van der Waals surface area contributed by atoms with Gasteiger partial charge >= 0.3 is 0 Å². The maximum atomic E-state index is 10.6. The number of carbonyl (C=O) groups excluding carboxylic acids is 1. The summed E-state index contributed by atoms with van der Waals surface area (Å²) in [6.45, 7) is 6.85. The molecule has 0 spiro atoms. The molecule has 2 rings (SSSR count). The van der Waals surface area contributed by atoms with Crippen molar-refractivity contribution in [3.8, 4) is 16.9 Å². The second-order valence-corrected chi connectivity index (χ2v) is 5.14. The Morgan fingerprint density at radius 3 is 2.35 bits per heavy atom. The number of aryl methyl sites for hydroxylation is 1. The van der Waals surface area contributed by atoms with Gasteiger partial charge in [-0.2, -0.15) is 0 Å². The highest BCUT2D eigenvalue weighted by Crippen LogP contribution is 2.33. The molecule has 0 saturated carbocycles. The third-order valence-corrected chi connectivity index (χ3v) is 3.71. The van der Waals surface area contributed by atoms with Gasteiger partial charge in [0.25, 0.3) is 6.47 Å². The molecule has 0 N–H and O–H groups in total. The minimum atomic E-state index is 0.357. The molecule has 1 unspecified atom stereocenters. The van der Waals surface area contributed by atoms with E-state index < -0.39 is 0 Å². The molecule has 0 saturated heterocycles. The van der Waals surface area contributed by atoms with Crippen LogP contribution in [0.3, 0.4) is 0 Å². The lowest BCUT2D eigenvalue weighted by atomic mass is 9.93. The quantitative estimate of drug-likeness (QED) is 0.734. The Balaban J connectivity index is 2.45. The van der Waals surface area contributed by atoms with Crippen molar-refractivity contribution in [2.75, 3.05) is 0 Å². The molecule has 20 heavy (non-hydrogen) atoms. The van der Waals surface area contributed by atoms with Crippen LogP contribution in [0.1, 0.15) is 37.3 Å². The fraction of sp³-hybridized carbons (Fsp3) is 0.278. The molecular weight excluding hydrogens is 248 g/mol. The van der Waals surface area contributed by atoms with E-state index in [0.717, 1.165) is 17.5 Å². The summed E-state index contributed by atoms with van der Waals surface area (Å²) in [5.41, 5.74) is 4.66. The van der Waals surface area contributed by atoms with Crippen LogP contribution in [0, 0.1) is 6.92 Å². The minimum Gasteiger partial charge on any atom is -0.428 e. The van der Waals surface area contributed by atoms with E-state index >= 15 is 0 Å². The number of hydrogen-bond acceptors (Lipinski definition) is 2. The fourth-order valence-corrected chi connectivity index (χ4v) is 2.24. The summed E-state index contributed by atoms with van der Waals surface area (Å²) in [5.74, 6) is 1.01. The van der Waals surface area contributed by atoms with Crippen molar-refractivity contribution in [1.29, 1.82) is 0 Å². The monoisotopic (exact) mass is 268 g/mol. The van der Waals surface area contributed by atoms with Gasteiger partial charge in [-0.15, -0.1) is 0 Å². The molecular formula is C18H20O2. The van der Waals surface area contributed by atoms with Crippen LogP contribution >= 0.6 is 0 Å². The van der Waals surface area contributed by atoms with Gasteiger partial charge in [0.05, 0.1) is 0 Å². The number of benzene rings is 2. The van der Waals surface area contributed by atoms with Crippen molar-refractivity contribution in [2.45, 2.75) is 33.1 Å². The number of rotatable bonds is 5. The minimum absolute atomic E-state index is 0.357. The molecule has 0 heterocycles. The Hall–Kier alpha value is -2.09. The summed E-state index contributed by atoms with van der Waals surface area (Å²) in [7, 11) is 0. The van der Waals surface area contributed by atoms with Crippen molar-refractivity contribution >= 4 is 6.47 Å². The summed E-state index contributed by atoms with van der Waals surface area (Å²) >= 11 is 0. The van der Waals surface area contributed by atoms with Crippen LogP contribution < -0.4 is 4.74 Å². The standard InChI is InChI=1S/C18H20O2/c1-4-14(3)17-11-16(9-10-18(17)20-12-19)15-7-5-13(2)6-8-15/h5-12,14H,4H2,1-3H3. The van der Waals surface area contributed by atoms with Gasteiger partial charge in [-0.05, 0) is 48.1 Å². The van der Waals surface area contributed by atoms with Gasteiger partial charge in [0.15, 0.2) is 0 Å². The molecule has 0 aliphatic rings. The summed E-state index contributed by atoms with van der Waals surface area (Å²) < 4.78 is 5.09. The average molecular weight is 268 g/mol. The number of carbonyl (C=O) groups is 1. The molecule has 2 aromatic rings. The lowest BCUT2D eigenvalue weighted by Crippen LogP contribution is -1.99. The molecule has 104 valence electrons. The predicted molar refractivity (Wildman–Crippen MR) is 82.0 cm³/mol. The van der Waals surface area contributed by atoms with Gasteiger partial charge in [0, 0.05) is 0 Å². The molecule has 0 amide bonds. The van der Waals surface area contributed by atoms with E-state index in [0.29, 0.717) is 18.1 Å². The normalized spacial score (nSPS) is 11.9. The molecule has 0 aliphatic heterocycles. The maximum absolute atomic E-state index is 10.6. The molecule has 1 atom stereocenters. The summed E-state index contributed by atoms with van der Waals surface area (Å²) in [4.78, 5) is 10.6. The van der Waals surface area contributed by atoms with Gasteiger partial charge in [0.1, 0.15) is 5.75 Å². The summed E-state index contributed by atoms with van der Waals surface area (Å²) in [5, 5.41) is 0. The Bertz CT molecular complexity index is 585. The van der Waals surface area contributed by atoms with Crippen LogP contribution in [-0.4, -0.2) is 6.47 Å². The van der Waals surface area contributed by atoms with Gasteiger partial charge in [0.2, 0.25) is 0 Å². The van der Waals surface area contributed by atoms with Gasteiger partial charge < -0.3 is 4.74 Å². The lowest BCUT2D eigenvalue weighted by molar-refractivity contribution is -0.120. The SMILES string of the molecule is CCC(C)c1cc(-c2ccc(C)cc2)ccc1OC=O. The highest BCUT2D eigenvalue weighted by atomic mass is 16.5. The third-order valence-electron chi connectivity index (χ3n) is 3.71. The first kappa shape index (κ1) is 14.3. The van der Waals surface area contributed by atoms with Crippen molar-refractivity contribution in [3.05, 3.63) is 53.6 Å². The van der Waals surface area contributed by atoms with E-state index in [1.165, 1.54) is 11.1 Å². The van der Waals surface area contributed by atoms with Crippen LogP contribution in [0.5, 0.6) is 5.75 Å². The number of hydrogen-bond donors (Lipinski definition) is 0. The van der Waals surface area contributed by atoms with Crippen LogP contribution in [0.4, 0.5) is 0 Å². The van der Waals surface area contributed by atoms with E-state index in [1.807, 2.05) is 12.1 Å². The largest absolute Gasteiger partial charge is 0.428 e. The second-order valence-electron chi connectivity index (χ2n) is 5.14. The van der Waals surface area contributed by atoms with E-state index in [9.17, 15) is 4.79 Å². The Morgan fingerprint density at radius 2 is 1.75 bits per heavy atom. The van der Waals surface area contributed by atoms with Crippen LogP contribution in [-0.2, 0) is 4.79 Å². The van der Waals surface area contributed by atoms with E-state index in [4.69, 9.17) is 4.74 Å². The molecule has 2 aromatic carbocycles. The first-order valence-corrected chi connectivity index (χ1v) is 6.97. The second kappa shape index (κ2) is 6.38. The van der Waals surface area contributed by atoms with E-state index in [2.05, 4.69) is 51.1 Å². The molecule has 0 aliphatic carbocycles. The topological polar surface area (TPSA) is 26.3 Å². The maximum Gasteiger partial charge on any atom is 0.298 e. The molecule has 0 fully saturated rings. The summed E-state index contributed by atoms with van der Waals surface area (Å²) in [6.07, 6.45) is 1.01. The highest BCUT2D eigenvalue weighted by molar-refractivity contribution is 5.67. The van der Waals surface area contributed by atoms with Gasteiger partial charge in [-0.1, -0.05) is 49.7 Å². The van der Waals surface area contributed by atoms with Gasteiger partial charge in [-0.3, -0.25) is 4.79 Å². The Labute approximate surface area is 120 Å². The molecule has 0 aromatic heterocycles. The first-order valence-electron chi connectivity index (χ1n) is 6.97. The summed E-state index contributed by atoms with van der Waals surface area (Å²) in [6, 6.07) is 14.4. The molecule has 2 nitrogen and oxygen atoms in total. The Kier molecular flexibility index (Phi) is 4.57. The van der Waals surface area contributed by atoms with Crippen molar-refractivity contribution in [2.24, 2.45) is 0 Å². The lowest BCUT2D eigenvalue weighted by Gasteiger charge is -2.15. The number of ether oxygens (including phenoxy) is 1. The van der Waals surface area contributed by atoms with E-state index in [1.54, 1.807) is 0 Å².